The standard InChI is InChI=1S/C15H17F3OS/c16-15(17,18)13-3-1-2-12(8-13)10-14(19)9-11-4-6-20-7-5-11/h1-3,8,11H,4-7,9-10H2. The Morgan fingerprint density at radius 1 is 1.25 bits per heavy atom. The summed E-state index contributed by atoms with van der Waals surface area (Å²) in [5.74, 6) is 2.62. The molecule has 110 valence electrons. The average molecular weight is 302 g/mol. The fourth-order valence-corrected chi connectivity index (χ4v) is 3.63. The second-order valence-corrected chi connectivity index (χ2v) is 6.40. The van der Waals surface area contributed by atoms with Gasteiger partial charge in [0.2, 0.25) is 0 Å². The summed E-state index contributed by atoms with van der Waals surface area (Å²) in [5.41, 5.74) is -0.230. The summed E-state index contributed by atoms with van der Waals surface area (Å²) < 4.78 is 37.8. The molecular formula is C15H17F3OS. The van der Waals surface area contributed by atoms with Crippen molar-refractivity contribution >= 4 is 17.5 Å². The molecule has 1 saturated heterocycles. The minimum atomic E-state index is -4.35. The van der Waals surface area contributed by atoms with Gasteiger partial charge in [0.15, 0.2) is 0 Å². The van der Waals surface area contributed by atoms with E-state index in [1.807, 2.05) is 11.8 Å². The van der Waals surface area contributed by atoms with E-state index in [4.69, 9.17) is 0 Å². The molecule has 0 bridgehead atoms. The fraction of sp³-hybridized carbons (Fsp3) is 0.533. The van der Waals surface area contributed by atoms with Gasteiger partial charge in [-0.15, -0.1) is 0 Å². The van der Waals surface area contributed by atoms with Crippen molar-refractivity contribution in [3.63, 3.8) is 0 Å². The van der Waals surface area contributed by atoms with Gasteiger partial charge in [0.1, 0.15) is 5.78 Å². The molecule has 1 aliphatic heterocycles. The monoisotopic (exact) mass is 302 g/mol. The van der Waals surface area contributed by atoms with Gasteiger partial charge in [-0.25, -0.2) is 0 Å². The number of carbonyl (C=O) groups is 1. The number of ketones is 1. The van der Waals surface area contributed by atoms with Crippen molar-refractivity contribution in [1.82, 2.24) is 0 Å². The van der Waals surface area contributed by atoms with Crippen molar-refractivity contribution in [2.24, 2.45) is 5.92 Å². The van der Waals surface area contributed by atoms with Crippen LogP contribution in [0.25, 0.3) is 0 Å². The highest BCUT2D eigenvalue weighted by Gasteiger charge is 2.30. The number of thioether (sulfide) groups is 1. The number of halogens is 3. The van der Waals surface area contributed by atoms with Crippen LogP contribution in [0.3, 0.4) is 0 Å². The summed E-state index contributed by atoms with van der Waals surface area (Å²) in [6.07, 6.45) is -1.66. The summed E-state index contributed by atoms with van der Waals surface area (Å²) in [6, 6.07) is 5.06. The Labute approximate surface area is 120 Å². The van der Waals surface area contributed by atoms with Crippen LogP contribution in [-0.2, 0) is 17.4 Å². The van der Waals surface area contributed by atoms with Crippen LogP contribution in [0.5, 0.6) is 0 Å². The van der Waals surface area contributed by atoms with Crippen LogP contribution >= 0.6 is 11.8 Å². The third-order valence-electron chi connectivity index (χ3n) is 3.51. The van der Waals surface area contributed by atoms with E-state index in [1.54, 1.807) is 6.07 Å². The van der Waals surface area contributed by atoms with Gasteiger partial charge < -0.3 is 0 Å². The molecule has 0 aromatic heterocycles. The molecule has 1 aromatic carbocycles. The largest absolute Gasteiger partial charge is 0.416 e. The molecule has 1 aliphatic rings. The molecule has 0 aliphatic carbocycles. The van der Waals surface area contributed by atoms with Gasteiger partial charge in [-0.05, 0) is 41.9 Å². The van der Waals surface area contributed by atoms with Crippen LogP contribution in [0.15, 0.2) is 24.3 Å². The molecule has 1 fully saturated rings. The maximum atomic E-state index is 12.6. The molecule has 0 unspecified atom stereocenters. The number of rotatable bonds is 4. The zero-order valence-electron chi connectivity index (χ0n) is 11.1. The van der Waals surface area contributed by atoms with Crippen molar-refractivity contribution in [3.8, 4) is 0 Å². The van der Waals surface area contributed by atoms with Crippen molar-refractivity contribution in [3.05, 3.63) is 35.4 Å². The predicted molar refractivity (Wildman–Crippen MR) is 74.8 cm³/mol. The molecule has 0 N–H and O–H groups in total. The normalized spacial score (nSPS) is 17.1. The first-order valence-corrected chi connectivity index (χ1v) is 7.86. The van der Waals surface area contributed by atoms with Gasteiger partial charge in [0, 0.05) is 12.8 Å². The third-order valence-corrected chi connectivity index (χ3v) is 4.56. The van der Waals surface area contributed by atoms with E-state index >= 15 is 0 Å². The minimum absolute atomic E-state index is 0.0428. The number of alkyl halides is 3. The maximum Gasteiger partial charge on any atom is 0.416 e. The fourth-order valence-electron chi connectivity index (χ4n) is 2.43. The molecular weight excluding hydrogens is 285 g/mol. The third kappa shape index (κ3) is 4.54. The van der Waals surface area contributed by atoms with Gasteiger partial charge in [-0.2, -0.15) is 24.9 Å². The Balaban J connectivity index is 1.93. The van der Waals surface area contributed by atoms with E-state index in [2.05, 4.69) is 0 Å². The summed E-state index contributed by atoms with van der Waals surface area (Å²) in [5, 5.41) is 0. The number of benzene rings is 1. The molecule has 0 atom stereocenters. The summed E-state index contributed by atoms with van der Waals surface area (Å²) >= 11 is 1.90. The van der Waals surface area contributed by atoms with Crippen molar-refractivity contribution < 1.29 is 18.0 Å². The van der Waals surface area contributed by atoms with Gasteiger partial charge >= 0.3 is 6.18 Å². The molecule has 0 radical (unpaired) electrons. The van der Waals surface area contributed by atoms with E-state index in [0.717, 1.165) is 36.5 Å². The highest BCUT2D eigenvalue weighted by Crippen LogP contribution is 2.30. The predicted octanol–water partition coefficient (Wildman–Crippen LogP) is 4.35. The molecule has 5 heteroatoms. The quantitative estimate of drug-likeness (QED) is 0.822. The smallest absolute Gasteiger partial charge is 0.299 e. The van der Waals surface area contributed by atoms with E-state index in [-0.39, 0.29) is 12.2 Å². The number of hydrogen-bond acceptors (Lipinski definition) is 2. The lowest BCUT2D eigenvalue weighted by molar-refractivity contribution is -0.137. The Morgan fingerprint density at radius 2 is 1.95 bits per heavy atom. The molecule has 0 saturated carbocycles. The minimum Gasteiger partial charge on any atom is -0.299 e. The molecule has 1 nitrogen and oxygen atoms in total. The lowest BCUT2D eigenvalue weighted by Crippen LogP contribution is -2.16. The highest BCUT2D eigenvalue weighted by molar-refractivity contribution is 7.99. The zero-order chi connectivity index (χ0) is 14.6. The molecule has 1 heterocycles. The summed E-state index contributed by atoms with van der Waals surface area (Å²) in [4.78, 5) is 12.0. The number of carbonyl (C=O) groups excluding carboxylic acids is 1. The van der Waals surface area contributed by atoms with Crippen LogP contribution in [0.4, 0.5) is 13.2 Å². The molecule has 0 spiro atoms. The first-order chi connectivity index (χ1) is 9.45. The second kappa shape index (κ2) is 6.66. The van der Waals surface area contributed by atoms with Crippen molar-refractivity contribution in [2.75, 3.05) is 11.5 Å². The van der Waals surface area contributed by atoms with Crippen molar-refractivity contribution in [2.45, 2.75) is 31.9 Å². The first kappa shape index (κ1) is 15.4. The van der Waals surface area contributed by atoms with Crippen LogP contribution in [0.2, 0.25) is 0 Å². The lowest BCUT2D eigenvalue weighted by atomic mass is 9.93. The Hall–Kier alpha value is -0.970. The molecule has 20 heavy (non-hydrogen) atoms. The van der Waals surface area contributed by atoms with E-state index in [0.29, 0.717) is 17.9 Å². The van der Waals surface area contributed by atoms with Crippen molar-refractivity contribution in [1.29, 1.82) is 0 Å². The summed E-state index contributed by atoms with van der Waals surface area (Å²) in [7, 11) is 0. The Kier molecular flexibility index (Phi) is 5.13. The van der Waals surface area contributed by atoms with Gasteiger partial charge in [0.05, 0.1) is 5.56 Å². The Bertz CT molecular complexity index is 464. The zero-order valence-corrected chi connectivity index (χ0v) is 11.9. The lowest BCUT2D eigenvalue weighted by Gasteiger charge is -2.20. The van der Waals surface area contributed by atoms with Crippen LogP contribution in [0, 0.1) is 5.92 Å². The average Bonchev–Trinajstić information content (AvgIpc) is 2.39. The first-order valence-electron chi connectivity index (χ1n) is 6.71. The molecule has 2 rings (SSSR count). The maximum absolute atomic E-state index is 12.6. The number of Topliss-reactive ketones (excluding diaryl/α,β-unsaturated/α-hetero) is 1. The van der Waals surface area contributed by atoms with Crippen LogP contribution < -0.4 is 0 Å². The summed E-state index contributed by atoms with van der Waals surface area (Å²) in [6.45, 7) is 0. The van der Waals surface area contributed by atoms with E-state index < -0.39 is 11.7 Å². The molecule has 0 amide bonds. The molecule has 1 aromatic rings. The van der Waals surface area contributed by atoms with Crippen LogP contribution in [0.1, 0.15) is 30.4 Å². The van der Waals surface area contributed by atoms with Gasteiger partial charge in [0.25, 0.3) is 0 Å². The van der Waals surface area contributed by atoms with E-state index in [9.17, 15) is 18.0 Å². The van der Waals surface area contributed by atoms with Gasteiger partial charge in [-0.3, -0.25) is 4.79 Å². The highest BCUT2D eigenvalue weighted by atomic mass is 32.2. The van der Waals surface area contributed by atoms with E-state index in [1.165, 1.54) is 6.07 Å². The Morgan fingerprint density at radius 3 is 2.60 bits per heavy atom. The SMILES string of the molecule is O=C(Cc1cccc(C(F)(F)F)c1)CC1CCSCC1. The van der Waals surface area contributed by atoms with Crippen LogP contribution in [-0.4, -0.2) is 17.3 Å². The topological polar surface area (TPSA) is 17.1 Å². The second-order valence-electron chi connectivity index (χ2n) is 5.17. The van der Waals surface area contributed by atoms with Gasteiger partial charge in [-0.1, -0.05) is 18.2 Å². The number of hydrogen-bond donors (Lipinski definition) is 0.